The van der Waals surface area contributed by atoms with Crippen molar-refractivity contribution in [2.75, 3.05) is 11.6 Å². The molecule has 0 atom stereocenters. The Labute approximate surface area is 94.2 Å². The number of hydroxylamine groups is 1. The fraction of sp³-hybridized carbons (Fsp3) is 0.333. The van der Waals surface area contributed by atoms with Crippen LogP contribution in [-0.4, -0.2) is 16.7 Å². The molecule has 8 heteroatoms. The SMILES string of the molecule is CCN(O)c1ccc(C(F)(F)F)cc1[N+](=O)[O-]. The van der Waals surface area contributed by atoms with Gasteiger partial charge in [0, 0.05) is 12.6 Å². The summed E-state index contributed by atoms with van der Waals surface area (Å²) >= 11 is 0. The molecule has 0 saturated heterocycles. The Hall–Kier alpha value is -1.83. The molecule has 5 nitrogen and oxygen atoms in total. The van der Waals surface area contributed by atoms with Gasteiger partial charge in [-0.15, -0.1) is 0 Å². The van der Waals surface area contributed by atoms with Gasteiger partial charge in [0.15, 0.2) is 0 Å². The Morgan fingerprint density at radius 3 is 2.47 bits per heavy atom. The summed E-state index contributed by atoms with van der Waals surface area (Å²) in [7, 11) is 0. The minimum absolute atomic E-state index is 0.0200. The van der Waals surface area contributed by atoms with E-state index in [9.17, 15) is 28.5 Å². The number of hydrogen-bond donors (Lipinski definition) is 1. The van der Waals surface area contributed by atoms with Gasteiger partial charge in [0.2, 0.25) is 0 Å². The third-order valence-corrected chi connectivity index (χ3v) is 2.08. The second-order valence-corrected chi connectivity index (χ2v) is 3.17. The predicted octanol–water partition coefficient (Wildman–Crippen LogP) is 2.83. The van der Waals surface area contributed by atoms with E-state index < -0.39 is 22.4 Å². The molecule has 1 rings (SSSR count). The first-order valence-electron chi connectivity index (χ1n) is 4.59. The molecule has 0 aliphatic rings. The van der Waals surface area contributed by atoms with Crippen LogP contribution < -0.4 is 5.06 Å². The number of anilines is 1. The molecule has 1 N–H and O–H groups in total. The monoisotopic (exact) mass is 250 g/mol. The molecular weight excluding hydrogens is 241 g/mol. The van der Waals surface area contributed by atoms with Gasteiger partial charge in [0.05, 0.1) is 10.5 Å². The van der Waals surface area contributed by atoms with Crippen molar-refractivity contribution < 1.29 is 23.3 Å². The van der Waals surface area contributed by atoms with E-state index in [-0.39, 0.29) is 12.2 Å². The maximum absolute atomic E-state index is 12.3. The molecule has 0 saturated carbocycles. The van der Waals surface area contributed by atoms with E-state index >= 15 is 0 Å². The average Bonchev–Trinajstić information content (AvgIpc) is 2.25. The van der Waals surface area contributed by atoms with Gasteiger partial charge in [0.1, 0.15) is 5.69 Å². The summed E-state index contributed by atoms with van der Waals surface area (Å²) in [6.45, 7) is 1.52. The normalized spacial score (nSPS) is 11.4. The number of rotatable bonds is 3. The van der Waals surface area contributed by atoms with E-state index in [1.165, 1.54) is 6.92 Å². The van der Waals surface area contributed by atoms with Crippen LogP contribution in [0.15, 0.2) is 18.2 Å². The van der Waals surface area contributed by atoms with Crippen LogP contribution in [0.1, 0.15) is 12.5 Å². The first-order valence-corrected chi connectivity index (χ1v) is 4.59. The van der Waals surface area contributed by atoms with Gasteiger partial charge in [-0.1, -0.05) is 0 Å². The fourth-order valence-electron chi connectivity index (χ4n) is 1.23. The Bertz CT molecular complexity index is 434. The minimum atomic E-state index is -4.66. The maximum atomic E-state index is 12.3. The standard InChI is InChI=1S/C9H9F3N2O3/c1-2-13(15)7-4-3-6(9(10,11)12)5-8(7)14(16)17/h3-5,15H,2H2,1H3. The summed E-state index contributed by atoms with van der Waals surface area (Å²) in [5, 5.41) is 20.4. The van der Waals surface area contributed by atoms with Crippen LogP contribution in [-0.2, 0) is 6.18 Å². The number of nitro groups is 1. The van der Waals surface area contributed by atoms with Crippen LogP contribution in [0.5, 0.6) is 0 Å². The number of nitrogens with zero attached hydrogens (tertiary/aromatic N) is 2. The number of nitro benzene ring substituents is 1. The molecule has 17 heavy (non-hydrogen) atoms. The molecule has 0 bridgehead atoms. The molecule has 0 amide bonds. The van der Waals surface area contributed by atoms with E-state index in [1.54, 1.807) is 0 Å². The lowest BCUT2D eigenvalue weighted by Gasteiger charge is -2.15. The van der Waals surface area contributed by atoms with E-state index in [1.807, 2.05) is 0 Å². The van der Waals surface area contributed by atoms with E-state index in [0.29, 0.717) is 17.2 Å². The number of benzene rings is 1. The zero-order chi connectivity index (χ0) is 13.2. The first kappa shape index (κ1) is 13.2. The largest absolute Gasteiger partial charge is 0.416 e. The van der Waals surface area contributed by atoms with Crippen LogP contribution in [0, 0.1) is 10.1 Å². The summed E-state index contributed by atoms with van der Waals surface area (Å²) < 4.78 is 37.0. The van der Waals surface area contributed by atoms with Crippen molar-refractivity contribution in [2.45, 2.75) is 13.1 Å². The van der Waals surface area contributed by atoms with Gasteiger partial charge in [-0.3, -0.25) is 20.4 Å². The Kier molecular flexibility index (Phi) is 3.56. The van der Waals surface area contributed by atoms with Gasteiger partial charge >= 0.3 is 6.18 Å². The van der Waals surface area contributed by atoms with Crippen LogP contribution in [0.4, 0.5) is 24.5 Å². The van der Waals surface area contributed by atoms with Gasteiger partial charge in [-0.25, -0.2) is 0 Å². The predicted molar refractivity (Wildman–Crippen MR) is 52.9 cm³/mol. The molecule has 1 aromatic rings. The number of hydrogen-bond acceptors (Lipinski definition) is 4. The van der Waals surface area contributed by atoms with Gasteiger partial charge in [0.25, 0.3) is 5.69 Å². The molecule has 0 unspecified atom stereocenters. The highest BCUT2D eigenvalue weighted by Gasteiger charge is 2.33. The van der Waals surface area contributed by atoms with Crippen molar-refractivity contribution in [1.29, 1.82) is 0 Å². The highest BCUT2D eigenvalue weighted by atomic mass is 19.4. The molecule has 0 heterocycles. The first-order chi connectivity index (χ1) is 7.77. The molecule has 0 spiro atoms. The quantitative estimate of drug-likeness (QED) is 0.661. The Balaban J connectivity index is 3.32. The summed E-state index contributed by atoms with van der Waals surface area (Å²) in [6, 6.07) is 1.94. The molecular formula is C9H9F3N2O3. The topological polar surface area (TPSA) is 66.6 Å². The van der Waals surface area contributed by atoms with Crippen LogP contribution >= 0.6 is 0 Å². The van der Waals surface area contributed by atoms with Crippen molar-refractivity contribution in [3.8, 4) is 0 Å². The van der Waals surface area contributed by atoms with Crippen molar-refractivity contribution in [2.24, 2.45) is 0 Å². The smallest absolute Gasteiger partial charge is 0.288 e. The van der Waals surface area contributed by atoms with Crippen LogP contribution in [0.2, 0.25) is 0 Å². The average molecular weight is 250 g/mol. The zero-order valence-electron chi connectivity index (χ0n) is 8.73. The summed E-state index contributed by atoms with van der Waals surface area (Å²) in [4.78, 5) is 9.65. The zero-order valence-corrected chi connectivity index (χ0v) is 8.73. The van der Waals surface area contributed by atoms with Crippen LogP contribution in [0.3, 0.4) is 0 Å². The van der Waals surface area contributed by atoms with E-state index in [0.717, 1.165) is 6.07 Å². The molecule has 1 aromatic carbocycles. The molecule has 0 aliphatic heterocycles. The number of alkyl halides is 3. The minimum Gasteiger partial charge on any atom is -0.288 e. The van der Waals surface area contributed by atoms with Gasteiger partial charge in [-0.2, -0.15) is 13.2 Å². The molecule has 0 radical (unpaired) electrons. The summed E-state index contributed by atoms with van der Waals surface area (Å²) in [6.07, 6.45) is -4.66. The van der Waals surface area contributed by atoms with Crippen molar-refractivity contribution >= 4 is 11.4 Å². The van der Waals surface area contributed by atoms with Crippen molar-refractivity contribution in [1.82, 2.24) is 0 Å². The fourth-order valence-corrected chi connectivity index (χ4v) is 1.23. The van der Waals surface area contributed by atoms with E-state index in [4.69, 9.17) is 0 Å². The third kappa shape index (κ3) is 2.84. The highest BCUT2D eigenvalue weighted by Crippen LogP contribution is 2.35. The van der Waals surface area contributed by atoms with Crippen molar-refractivity contribution in [3.05, 3.63) is 33.9 Å². The second kappa shape index (κ2) is 4.58. The lowest BCUT2D eigenvalue weighted by atomic mass is 10.1. The third-order valence-electron chi connectivity index (χ3n) is 2.08. The lowest BCUT2D eigenvalue weighted by molar-refractivity contribution is -0.384. The van der Waals surface area contributed by atoms with Gasteiger partial charge in [-0.05, 0) is 19.1 Å². The molecule has 0 fully saturated rings. The Morgan fingerprint density at radius 2 is 2.06 bits per heavy atom. The Morgan fingerprint density at radius 1 is 1.47 bits per heavy atom. The molecule has 0 aromatic heterocycles. The second-order valence-electron chi connectivity index (χ2n) is 3.17. The summed E-state index contributed by atoms with van der Waals surface area (Å²) in [5.74, 6) is 0. The molecule has 0 aliphatic carbocycles. The highest BCUT2D eigenvalue weighted by molar-refractivity contribution is 5.63. The molecule has 94 valence electrons. The van der Waals surface area contributed by atoms with Crippen LogP contribution in [0.25, 0.3) is 0 Å². The maximum Gasteiger partial charge on any atom is 0.416 e. The van der Waals surface area contributed by atoms with E-state index in [2.05, 4.69) is 0 Å². The van der Waals surface area contributed by atoms with Crippen molar-refractivity contribution in [3.63, 3.8) is 0 Å². The summed E-state index contributed by atoms with van der Waals surface area (Å²) in [5.41, 5.74) is -2.19. The van der Waals surface area contributed by atoms with Gasteiger partial charge < -0.3 is 0 Å². The lowest BCUT2D eigenvalue weighted by Crippen LogP contribution is -2.18. The number of halogens is 3.